The lowest BCUT2D eigenvalue weighted by Gasteiger charge is -2.31. The Morgan fingerprint density at radius 2 is 1.78 bits per heavy atom. The van der Waals surface area contributed by atoms with E-state index < -0.39 is 0 Å². The number of aryl methyl sites for hydroxylation is 2. The van der Waals surface area contributed by atoms with Crippen LogP contribution in [0.1, 0.15) is 86.7 Å². The molecule has 1 aromatic rings. The molecule has 1 amide bonds. The number of nitrogens with zero attached hydrogens (tertiary/aromatic N) is 2. The molecule has 1 saturated carbocycles. The van der Waals surface area contributed by atoms with Crippen molar-refractivity contribution in [2.75, 3.05) is 41.1 Å². The first-order valence-electron chi connectivity index (χ1n) is 14.1. The van der Waals surface area contributed by atoms with Gasteiger partial charge in [0.2, 0.25) is 0 Å². The van der Waals surface area contributed by atoms with Crippen molar-refractivity contribution >= 4 is 22.8 Å². The molecule has 1 aromatic carbocycles. The lowest BCUT2D eigenvalue weighted by atomic mass is 9.95. The second-order valence-corrected chi connectivity index (χ2v) is 12.2. The van der Waals surface area contributed by atoms with Gasteiger partial charge in [-0.2, -0.15) is 0 Å². The predicted molar refractivity (Wildman–Crippen MR) is 154 cm³/mol. The lowest BCUT2D eigenvalue weighted by molar-refractivity contribution is 0.0727. The number of carbonyl (C=O) groups is 1. The SMILES string of the molecule is COCC(C)SC1=NCCCC(OC)CCCCc2ccc(CCC3CC3)cc2C(=O)N1C(C)COC. The summed E-state index contributed by atoms with van der Waals surface area (Å²) < 4.78 is 16.7. The third-order valence-electron chi connectivity index (χ3n) is 7.41. The summed E-state index contributed by atoms with van der Waals surface area (Å²) in [7, 11) is 5.22. The summed E-state index contributed by atoms with van der Waals surface area (Å²) in [5.41, 5.74) is 3.22. The lowest BCUT2D eigenvalue weighted by Crippen LogP contribution is -2.45. The number of thioether (sulfide) groups is 1. The Morgan fingerprint density at radius 1 is 1.03 bits per heavy atom. The number of carbonyl (C=O) groups excluding carboxylic acids is 1. The summed E-state index contributed by atoms with van der Waals surface area (Å²) in [5, 5.41) is 0.934. The molecule has 3 rings (SSSR count). The van der Waals surface area contributed by atoms with E-state index in [1.165, 1.54) is 24.8 Å². The smallest absolute Gasteiger partial charge is 0.260 e. The molecule has 208 valence electrons. The van der Waals surface area contributed by atoms with Crippen molar-refractivity contribution in [3.63, 3.8) is 0 Å². The molecule has 1 aliphatic heterocycles. The molecule has 1 fully saturated rings. The molecule has 0 radical (unpaired) electrons. The van der Waals surface area contributed by atoms with Crippen LogP contribution in [-0.2, 0) is 27.1 Å². The molecular formula is C30H48N2O4S. The van der Waals surface area contributed by atoms with Gasteiger partial charge in [0.1, 0.15) is 0 Å². The van der Waals surface area contributed by atoms with Crippen molar-refractivity contribution < 1.29 is 19.0 Å². The Balaban J connectivity index is 2.00. The quantitative estimate of drug-likeness (QED) is 0.362. The third kappa shape index (κ3) is 9.68. The summed E-state index contributed by atoms with van der Waals surface area (Å²) in [6.45, 7) is 5.89. The van der Waals surface area contributed by atoms with Gasteiger partial charge in [0, 0.05) is 38.7 Å². The number of amides is 1. The molecule has 3 atom stereocenters. The van der Waals surface area contributed by atoms with Gasteiger partial charge in [-0.15, -0.1) is 0 Å². The largest absolute Gasteiger partial charge is 0.384 e. The Labute approximate surface area is 228 Å². The third-order valence-corrected chi connectivity index (χ3v) is 8.49. The van der Waals surface area contributed by atoms with Crippen LogP contribution in [-0.4, -0.2) is 74.5 Å². The van der Waals surface area contributed by atoms with E-state index in [1.54, 1.807) is 26.0 Å². The Bertz CT molecular complexity index is 873. The van der Waals surface area contributed by atoms with Crippen molar-refractivity contribution in [2.24, 2.45) is 10.9 Å². The van der Waals surface area contributed by atoms with Crippen LogP contribution in [0.2, 0.25) is 0 Å². The van der Waals surface area contributed by atoms with Crippen LogP contribution in [0.25, 0.3) is 0 Å². The van der Waals surface area contributed by atoms with Crippen LogP contribution in [0.5, 0.6) is 0 Å². The highest BCUT2D eigenvalue weighted by molar-refractivity contribution is 8.14. The van der Waals surface area contributed by atoms with Crippen LogP contribution in [0, 0.1) is 5.92 Å². The average molecular weight is 533 g/mol. The molecule has 0 aromatic heterocycles. The summed E-state index contributed by atoms with van der Waals surface area (Å²) >= 11 is 1.62. The van der Waals surface area contributed by atoms with E-state index in [1.807, 2.05) is 12.0 Å². The Kier molecular flexibility index (Phi) is 12.9. The number of benzene rings is 1. The van der Waals surface area contributed by atoms with Gasteiger partial charge in [0.25, 0.3) is 5.91 Å². The van der Waals surface area contributed by atoms with Crippen LogP contribution < -0.4 is 0 Å². The van der Waals surface area contributed by atoms with Crippen LogP contribution >= 0.6 is 11.8 Å². The van der Waals surface area contributed by atoms with Gasteiger partial charge in [0.15, 0.2) is 5.17 Å². The number of hydrogen-bond donors (Lipinski definition) is 0. The first kappa shape index (κ1) is 30.1. The number of fused-ring (bicyclic) bond motifs is 1. The molecule has 3 unspecified atom stereocenters. The van der Waals surface area contributed by atoms with Gasteiger partial charge in [0.05, 0.1) is 25.4 Å². The zero-order valence-corrected chi connectivity index (χ0v) is 24.5. The standard InChI is InChI=1S/C30H48N2O4S/c1-22(20-34-3)32-29(33)28-19-25(15-14-24-12-13-24)16-17-26(28)9-6-7-10-27(36-5)11-8-18-31-30(32)37-23(2)21-35-4/h16-17,19,22-24,27H,6-15,18,20-21H2,1-5H3. The number of aliphatic imine (C=N–C) groups is 1. The van der Waals surface area contributed by atoms with E-state index in [-0.39, 0.29) is 23.3 Å². The fourth-order valence-corrected chi connectivity index (χ4v) is 6.18. The average Bonchev–Trinajstić information content (AvgIpc) is 3.71. The molecule has 7 heteroatoms. The molecule has 0 saturated heterocycles. The van der Waals surface area contributed by atoms with Crippen molar-refractivity contribution in [1.82, 2.24) is 4.90 Å². The molecule has 0 bridgehead atoms. The number of ether oxygens (including phenoxy) is 3. The van der Waals surface area contributed by atoms with Crippen molar-refractivity contribution in [1.29, 1.82) is 0 Å². The number of methoxy groups -OCH3 is 3. The van der Waals surface area contributed by atoms with Crippen LogP contribution in [0.15, 0.2) is 23.2 Å². The van der Waals surface area contributed by atoms with Crippen LogP contribution in [0.4, 0.5) is 0 Å². The van der Waals surface area contributed by atoms with E-state index in [2.05, 4.69) is 32.0 Å². The van der Waals surface area contributed by atoms with E-state index in [0.29, 0.717) is 19.8 Å². The fraction of sp³-hybridized carbons (Fsp3) is 0.733. The van der Waals surface area contributed by atoms with Gasteiger partial charge < -0.3 is 14.2 Å². The molecule has 0 N–H and O–H groups in total. The second-order valence-electron chi connectivity index (χ2n) is 10.7. The maximum absolute atomic E-state index is 14.4. The Hall–Kier alpha value is -1.41. The van der Waals surface area contributed by atoms with Gasteiger partial charge in [-0.3, -0.25) is 14.7 Å². The minimum absolute atomic E-state index is 0.0375. The summed E-state index contributed by atoms with van der Waals surface area (Å²) in [6.07, 6.45) is 11.2. The topological polar surface area (TPSA) is 60.4 Å². The maximum atomic E-state index is 14.4. The maximum Gasteiger partial charge on any atom is 0.260 e. The summed E-state index contributed by atoms with van der Waals surface area (Å²) in [5.74, 6) is 0.907. The van der Waals surface area contributed by atoms with Crippen molar-refractivity contribution in [3.05, 3.63) is 34.9 Å². The van der Waals surface area contributed by atoms with Crippen LogP contribution in [0.3, 0.4) is 0 Å². The van der Waals surface area contributed by atoms with Gasteiger partial charge >= 0.3 is 0 Å². The van der Waals surface area contributed by atoms with Gasteiger partial charge in [-0.1, -0.05) is 50.1 Å². The van der Waals surface area contributed by atoms with Crippen molar-refractivity contribution in [2.45, 2.75) is 95.5 Å². The number of amidine groups is 1. The molecule has 1 aliphatic carbocycles. The fourth-order valence-electron chi connectivity index (χ4n) is 5.07. The van der Waals surface area contributed by atoms with Gasteiger partial charge in [-0.05, 0) is 75.0 Å². The molecule has 6 nitrogen and oxygen atoms in total. The van der Waals surface area contributed by atoms with Crippen molar-refractivity contribution in [3.8, 4) is 0 Å². The normalized spacial score (nSPS) is 21.6. The second kappa shape index (κ2) is 15.9. The molecule has 0 spiro atoms. The molecule has 1 heterocycles. The Morgan fingerprint density at radius 3 is 2.49 bits per heavy atom. The zero-order valence-electron chi connectivity index (χ0n) is 23.7. The highest BCUT2D eigenvalue weighted by atomic mass is 32.2. The predicted octanol–water partition coefficient (Wildman–Crippen LogP) is 6.15. The summed E-state index contributed by atoms with van der Waals surface area (Å²) in [4.78, 5) is 21.3. The molecule has 2 aliphatic rings. The highest BCUT2D eigenvalue weighted by Gasteiger charge is 2.30. The van der Waals surface area contributed by atoms with E-state index in [9.17, 15) is 4.79 Å². The first-order chi connectivity index (χ1) is 18.0. The molecular weight excluding hydrogens is 484 g/mol. The number of hydrogen-bond acceptors (Lipinski definition) is 6. The van der Waals surface area contributed by atoms with Gasteiger partial charge in [-0.25, -0.2) is 0 Å². The molecule has 37 heavy (non-hydrogen) atoms. The highest BCUT2D eigenvalue weighted by Crippen LogP contribution is 2.34. The first-order valence-corrected chi connectivity index (χ1v) is 15.0. The minimum atomic E-state index is -0.138. The van der Waals surface area contributed by atoms with E-state index in [0.717, 1.165) is 67.2 Å². The minimum Gasteiger partial charge on any atom is -0.384 e. The monoisotopic (exact) mass is 532 g/mol. The zero-order chi connectivity index (χ0) is 26.6. The number of rotatable bonds is 10. The van der Waals surface area contributed by atoms with E-state index in [4.69, 9.17) is 19.2 Å². The van der Waals surface area contributed by atoms with E-state index >= 15 is 0 Å². The summed E-state index contributed by atoms with van der Waals surface area (Å²) in [6, 6.07) is 6.47.